The van der Waals surface area contributed by atoms with E-state index in [1.54, 1.807) is 18.4 Å². The smallest absolute Gasteiger partial charge is 0.248 e. The highest BCUT2D eigenvalue weighted by molar-refractivity contribution is 7.10. The summed E-state index contributed by atoms with van der Waals surface area (Å²) < 4.78 is 11.0. The van der Waals surface area contributed by atoms with Crippen LogP contribution in [0.5, 0.6) is 5.75 Å². The second-order valence-electron chi connectivity index (χ2n) is 9.95. The van der Waals surface area contributed by atoms with E-state index in [0.29, 0.717) is 32.8 Å². The van der Waals surface area contributed by atoms with Gasteiger partial charge in [0.1, 0.15) is 12.4 Å². The van der Waals surface area contributed by atoms with Gasteiger partial charge in [0.25, 0.3) is 0 Å². The first kappa shape index (κ1) is 26.4. The van der Waals surface area contributed by atoms with Crippen molar-refractivity contribution in [2.45, 2.75) is 32.0 Å². The molecule has 200 valence electrons. The second kappa shape index (κ2) is 12.1. The quantitative estimate of drug-likeness (QED) is 0.438. The standard InChI is InChI=1S/C30H35N3O4S/c1-22-18-31(15-16-33(22)29(35)21-37-20-23-6-4-3-5-7-23)28(34)19-32-14-12-27-26(13-17-38-27)30(32)24-8-10-25(36-2)11-9-24/h3-11,13,17,22,30H,12,14-16,18-21H2,1-2H3/t22-,30+/m1/s1. The number of benzene rings is 2. The molecule has 1 fully saturated rings. The van der Waals surface area contributed by atoms with Crippen molar-refractivity contribution in [2.75, 3.05) is 46.4 Å². The van der Waals surface area contributed by atoms with Crippen molar-refractivity contribution in [1.82, 2.24) is 14.7 Å². The Morgan fingerprint density at radius 1 is 0.974 bits per heavy atom. The molecule has 3 aromatic rings. The van der Waals surface area contributed by atoms with Crippen molar-refractivity contribution in [3.8, 4) is 5.75 Å². The largest absolute Gasteiger partial charge is 0.497 e. The van der Waals surface area contributed by atoms with E-state index in [0.717, 1.165) is 29.8 Å². The predicted molar refractivity (Wildman–Crippen MR) is 148 cm³/mol. The molecule has 0 N–H and O–H groups in total. The molecule has 0 radical (unpaired) electrons. The highest BCUT2D eigenvalue weighted by Crippen LogP contribution is 2.38. The average Bonchev–Trinajstić information content (AvgIpc) is 3.42. The van der Waals surface area contributed by atoms with Gasteiger partial charge in [0.2, 0.25) is 11.8 Å². The van der Waals surface area contributed by atoms with Crippen molar-refractivity contribution < 1.29 is 19.1 Å². The summed E-state index contributed by atoms with van der Waals surface area (Å²) in [5, 5.41) is 2.15. The third-order valence-corrected chi connectivity index (χ3v) is 8.47. The zero-order valence-corrected chi connectivity index (χ0v) is 22.9. The fraction of sp³-hybridized carbons (Fsp3) is 0.400. The van der Waals surface area contributed by atoms with Crippen molar-refractivity contribution in [1.29, 1.82) is 0 Å². The minimum atomic E-state index is -0.0530. The van der Waals surface area contributed by atoms with Gasteiger partial charge in [-0.3, -0.25) is 14.5 Å². The summed E-state index contributed by atoms with van der Waals surface area (Å²) in [7, 11) is 1.67. The Morgan fingerprint density at radius 3 is 2.50 bits per heavy atom. The number of hydrogen-bond donors (Lipinski definition) is 0. The number of hydrogen-bond acceptors (Lipinski definition) is 6. The molecule has 2 atom stereocenters. The van der Waals surface area contributed by atoms with Crippen LogP contribution >= 0.6 is 11.3 Å². The average molecular weight is 534 g/mol. The van der Waals surface area contributed by atoms with Gasteiger partial charge in [-0.05, 0) is 53.6 Å². The Bertz CT molecular complexity index is 1230. The first-order valence-corrected chi connectivity index (χ1v) is 14.0. The van der Waals surface area contributed by atoms with Gasteiger partial charge in [-0.1, -0.05) is 42.5 Å². The molecule has 8 heteroatoms. The molecule has 2 aliphatic rings. The number of carbonyl (C=O) groups excluding carboxylic acids is 2. The van der Waals surface area contributed by atoms with E-state index in [-0.39, 0.29) is 30.5 Å². The van der Waals surface area contributed by atoms with Gasteiger partial charge in [-0.2, -0.15) is 0 Å². The number of ether oxygens (including phenoxy) is 2. The van der Waals surface area contributed by atoms with Gasteiger partial charge in [-0.15, -0.1) is 11.3 Å². The Hall–Kier alpha value is -3.20. The van der Waals surface area contributed by atoms with E-state index in [1.807, 2.05) is 59.2 Å². The molecule has 1 aromatic heterocycles. The van der Waals surface area contributed by atoms with Crippen LogP contribution in [0.3, 0.4) is 0 Å². The van der Waals surface area contributed by atoms with Crippen LogP contribution in [0.2, 0.25) is 0 Å². The Labute approximate surface area is 228 Å². The fourth-order valence-corrected chi connectivity index (χ4v) is 6.36. The minimum absolute atomic E-state index is 0.0267. The predicted octanol–water partition coefficient (Wildman–Crippen LogP) is 3.98. The van der Waals surface area contributed by atoms with E-state index < -0.39 is 0 Å². The summed E-state index contributed by atoms with van der Waals surface area (Å²) in [6.45, 7) is 5.26. The van der Waals surface area contributed by atoms with Crippen molar-refractivity contribution >= 4 is 23.2 Å². The number of piperazine rings is 1. The van der Waals surface area contributed by atoms with Gasteiger partial charge in [0.05, 0.1) is 26.3 Å². The zero-order valence-electron chi connectivity index (χ0n) is 22.0. The maximum absolute atomic E-state index is 13.5. The van der Waals surface area contributed by atoms with Gasteiger partial charge >= 0.3 is 0 Å². The molecule has 3 heterocycles. The third kappa shape index (κ3) is 5.93. The molecule has 1 saturated heterocycles. The lowest BCUT2D eigenvalue weighted by Crippen LogP contribution is -2.57. The molecule has 0 saturated carbocycles. The summed E-state index contributed by atoms with van der Waals surface area (Å²) in [5.41, 5.74) is 3.50. The normalized spacial score (nSPS) is 19.7. The first-order valence-electron chi connectivity index (χ1n) is 13.2. The van der Waals surface area contributed by atoms with E-state index >= 15 is 0 Å². The lowest BCUT2D eigenvalue weighted by atomic mass is 9.93. The number of methoxy groups -OCH3 is 1. The highest BCUT2D eigenvalue weighted by Gasteiger charge is 2.34. The van der Waals surface area contributed by atoms with Crippen LogP contribution in [-0.2, 0) is 27.4 Å². The Morgan fingerprint density at radius 2 is 1.76 bits per heavy atom. The summed E-state index contributed by atoms with van der Waals surface area (Å²) in [6.07, 6.45) is 0.953. The number of fused-ring (bicyclic) bond motifs is 1. The van der Waals surface area contributed by atoms with Gasteiger partial charge in [0, 0.05) is 37.1 Å². The highest BCUT2D eigenvalue weighted by atomic mass is 32.1. The van der Waals surface area contributed by atoms with Crippen LogP contribution in [0.25, 0.3) is 0 Å². The topological polar surface area (TPSA) is 62.3 Å². The first-order chi connectivity index (χ1) is 18.5. The van der Waals surface area contributed by atoms with Crippen LogP contribution in [0.15, 0.2) is 66.0 Å². The summed E-state index contributed by atoms with van der Waals surface area (Å²) >= 11 is 1.79. The molecule has 2 aromatic carbocycles. The number of nitrogens with zero attached hydrogens (tertiary/aromatic N) is 3. The van der Waals surface area contributed by atoms with Crippen LogP contribution in [0, 0.1) is 0 Å². The summed E-state index contributed by atoms with van der Waals surface area (Å²) in [4.78, 5) is 33.7. The SMILES string of the molecule is COc1ccc([C@H]2c3ccsc3CCN2CC(=O)N2CCN(C(=O)COCc3ccccc3)[C@H](C)C2)cc1. The third-order valence-electron chi connectivity index (χ3n) is 7.47. The van der Waals surface area contributed by atoms with Crippen LogP contribution < -0.4 is 4.74 Å². The maximum Gasteiger partial charge on any atom is 0.248 e. The molecule has 0 spiro atoms. The van der Waals surface area contributed by atoms with Gasteiger partial charge < -0.3 is 19.3 Å². The van der Waals surface area contributed by atoms with Gasteiger partial charge in [0.15, 0.2) is 0 Å². The molecule has 2 aliphatic heterocycles. The van der Waals surface area contributed by atoms with E-state index in [1.165, 1.54) is 10.4 Å². The van der Waals surface area contributed by atoms with Crippen LogP contribution in [0.1, 0.15) is 34.5 Å². The Balaban J connectivity index is 1.18. The molecule has 2 amide bonds. The minimum Gasteiger partial charge on any atom is -0.497 e. The molecular formula is C30H35N3O4S. The number of thiophene rings is 1. The number of rotatable bonds is 8. The number of carbonyl (C=O) groups is 2. The fourth-order valence-electron chi connectivity index (χ4n) is 5.46. The Kier molecular flexibility index (Phi) is 8.42. The molecule has 5 rings (SSSR count). The van der Waals surface area contributed by atoms with Crippen molar-refractivity contribution in [3.05, 3.63) is 87.6 Å². The molecule has 0 aliphatic carbocycles. The zero-order chi connectivity index (χ0) is 26.5. The summed E-state index contributed by atoms with van der Waals surface area (Å²) in [5.74, 6) is 0.909. The van der Waals surface area contributed by atoms with Crippen molar-refractivity contribution in [2.24, 2.45) is 0 Å². The summed E-state index contributed by atoms with van der Waals surface area (Å²) in [6, 6.07) is 20.2. The lowest BCUT2D eigenvalue weighted by molar-refractivity contribution is -0.146. The van der Waals surface area contributed by atoms with Crippen LogP contribution in [0.4, 0.5) is 0 Å². The van der Waals surface area contributed by atoms with Gasteiger partial charge in [-0.25, -0.2) is 0 Å². The monoisotopic (exact) mass is 533 g/mol. The molecule has 7 nitrogen and oxygen atoms in total. The van der Waals surface area contributed by atoms with E-state index in [9.17, 15) is 9.59 Å². The second-order valence-corrected chi connectivity index (χ2v) is 11.0. The molecular weight excluding hydrogens is 498 g/mol. The van der Waals surface area contributed by atoms with Crippen molar-refractivity contribution in [3.63, 3.8) is 0 Å². The number of amides is 2. The molecule has 0 unspecified atom stereocenters. The lowest BCUT2D eigenvalue weighted by Gasteiger charge is -2.42. The maximum atomic E-state index is 13.5. The van der Waals surface area contributed by atoms with Crippen LogP contribution in [-0.4, -0.2) is 79.0 Å². The molecule has 0 bridgehead atoms. The van der Waals surface area contributed by atoms with E-state index in [2.05, 4.69) is 28.5 Å². The van der Waals surface area contributed by atoms with E-state index in [4.69, 9.17) is 9.47 Å². The molecule has 38 heavy (non-hydrogen) atoms.